The van der Waals surface area contributed by atoms with Crippen LogP contribution < -0.4 is 14.8 Å². The predicted octanol–water partition coefficient (Wildman–Crippen LogP) is 5.29. The molecule has 1 aliphatic carbocycles. The number of rotatable bonds is 9. The normalized spacial score (nSPS) is 22.7. The van der Waals surface area contributed by atoms with Crippen LogP contribution in [0.2, 0.25) is 0 Å². The molecule has 0 bridgehead atoms. The number of hydrogen-bond acceptors (Lipinski definition) is 8. The third-order valence-electron chi connectivity index (χ3n) is 7.82. The number of carbonyl (C=O) groups is 3. The second-order valence-electron chi connectivity index (χ2n) is 12.1. The zero-order chi connectivity index (χ0) is 31.6. The van der Waals surface area contributed by atoms with Gasteiger partial charge in [0.1, 0.15) is 34.8 Å². The van der Waals surface area contributed by atoms with Crippen LogP contribution in [0.15, 0.2) is 67.3 Å². The van der Waals surface area contributed by atoms with Gasteiger partial charge in [-0.15, -0.1) is 6.58 Å². The Morgan fingerprint density at radius 2 is 1.89 bits per heavy atom. The second kappa shape index (κ2) is 12.2. The summed E-state index contributed by atoms with van der Waals surface area (Å²) in [5.41, 5.74) is 0.319. The van der Waals surface area contributed by atoms with E-state index in [0.29, 0.717) is 29.1 Å². The fraction of sp³-hybridized carbons (Fsp3) is 0.412. The molecular weight excluding hydrogens is 562 g/mol. The number of nitrogens with one attached hydrogen (secondary N) is 1. The molecule has 5 rings (SSSR count). The predicted molar refractivity (Wildman–Crippen MR) is 165 cm³/mol. The van der Waals surface area contributed by atoms with Crippen LogP contribution in [0, 0.1) is 5.92 Å². The number of amides is 2. The molecular formula is C34H39N3O7. The lowest BCUT2D eigenvalue weighted by Gasteiger charge is -2.28. The van der Waals surface area contributed by atoms with Gasteiger partial charge < -0.3 is 24.3 Å². The minimum atomic E-state index is -1.20. The summed E-state index contributed by atoms with van der Waals surface area (Å²) in [6, 6.07) is 16.2. The monoisotopic (exact) mass is 601 g/mol. The molecule has 0 radical (unpaired) electrons. The van der Waals surface area contributed by atoms with E-state index >= 15 is 0 Å². The van der Waals surface area contributed by atoms with Gasteiger partial charge in [-0.05, 0) is 46.2 Å². The highest BCUT2D eigenvalue weighted by Crippen LogP contribution is 2.46. The van der Waals surface area contributed by atoms with Gasteiger partial charge in [0, 0.05) is 35.4 Å². The second-order valence-corrected chi connectivity index (χ2v) is 12.1. The first kappa shape index (κ1) is 30.8. The van der Waals surface area contributed by atoms with Crippen molar-refractivity contribution in [3.8, 4) is 22.8 Å². The van der Waals surface area contributed by atoms with E-state index in [0.717, 1.165) is 10.9 Å². The molecule has 1 N–H and O–H groups in total. The van der Waals surface area contributed by atoms with Gasteiger partial charge in [0.15, 0.2) is 0 Å². The average Bonchev–Trinajstić information content (AvgIpc) is 3.55. The molecule has 2 unspecified atom stereocenters. The van der Waals surface area contributed by atoms with E-state index in [2.05, 4.69) is 11.9 Å². The molecule has 1 saturated carbocycles. The lowest BCUT2D eigenvalue weighted by Crippen LogP contribution is -2.53. The standard InChI is InChI=1S/C34H39N3O7/c1-7-22-19-34(22,31(39)42-8-2)36-30(38)28-17-24(20-37(28)32(40)44-33(3,4)5)43-29-18-26(21-12-10-9-11-13-21)35-27-16-23(41-6)14-15-25(27)29/h7,9-16,18,22,24,28H,1,8,17,19-20H2,2-6H3,(H,36,38)/t22?,24-,28?,34-/m1/s1. The van der Waals surface area contributed by atoms with Crippen molar-refractivity contribution in [2.24, 2.45) is 5.92 Å². The van der Waals surface area contributed by atoms with Crippen LogP contribution in [0.25, 0.3) is 22.2 Å². The van der Waals surface area contributed by atoms with Crippen LogP contribution in [-0.2, 0) is 19.1 Å². The number of aromatic nitrogens is 1. The topological polar surface area (TPSA) is 116 Å². The van der Waals surface area contributed by atoms with Crippen LogP contribution in [-0.4, -0.2) is 71.4 Å². The van der Waals surface area contributed by atoms with E-state index in [9.17, 15) is 14.4 Å². The molecule has 2 fully saturated rings. The quantitative estimate of drug-likeness (QED) is 0.260. The van der Waals surface area contributed by atoms with Gasteiger partial charge in [0.25, 0.3) is 0 Å². The number of nitrogens with zero attached hydrogens (tertiary/aromatic N) is 2. The zero-order valence-electron chi connectivity index (χ0n) is 25.8. The summed E-state index contributed by atoms with van der Waals surface area (Å²) in [6.07, 6.45) is 1.01. The van der Waals surface area contributed by atoms with Crippen LogP contribution in [0.1, 0.15) is 40.5 Å². The van der Waals surface area contributed by atoms with Gasteiger partial charge in [-0.2, -0.15) is 0 Å². The summed E-state index contributed by atoms with van der Waals surface area (Å²) < 4.78 is 22.9. The summed E-state index contributed by atoms with van der Waals surface area (Å²) in [7, 11) is 1.60. The summed E-state index contributed by atoms with van der Waals surface area (Å²) >= 11 is 0. The highest BCUT2D eigenvalue weighted by molar-refractivity contribution is 5.95. The maximum absolute atomic E-state index is 13.8. The number of carbonyl (C=O) groups excluding carboxylic acids is 3. The fourth-order valence-corrected chi connectivity index (χ4v) is 5.56. The minimum absolute atomic E-state index is 0.102. The van der Waals surface area contributed by atoms with E-state index in [-0.39, 0.29) is 25.5 Å². The molecule has 1 saturated heterocycles. The van der Waals surface area contributed by atoms with Crippen molar-refractivity contribution < 1.29 is 33.3 Å². The van der Waals surface area contributed by atoms with Gasteiger partial charge in [0.2, 0.25) is 5.91 Å². The first-order valence-electron chi connectivity index (χ1n) is 14.8. The Balaban J connectivity index is 1.46. The molecule has 3 aromatic rings. The first-order valence-corrected chi connectivity index (χ1v) is 14.8. The summed E-state index contributed by atoms with van der Waals surface area (Å²) in [4.78, 5) is 46.2. The number of benzene rings is 2. The van der Waals surface area contributed by atoms with Gasteiger partial charge in [-0.1, -0.05) is 36.4 Å². The molecule has 2 aromatic carbocycles. The lowest BCUT2D eigenvalue weighted by atomic mass is 10.1. The molecule has 2 amide bonds. The number of fused-ring (bicyclic) bond motifs is 1. The Morgan fingerprint density at radius 1 is 1.14 bits per heavy atom. The Kier molecular flexibility index (Phi) is 8.54. The smallest absolute Gasteiger partial charge is 0.411 e. The van der Waals surface area contributed by atoms with Crippen LogP contribution in [0.3, 0.4) is 0 Å². The number of ether oxygens (including phenoxy) is 4. The van der Waals surface area contributed by atoms with Crippen LogP contribution in [0.5, 0.6) is 11.5 Å². The number of esters is 1. The number of pyridine rings is 1. The molecule has 232 valence electrons. The van der Waals surface area contributed by atoms with E-state index in [4.69, 9.17) is 23.9 Å². The zero-order valence-corrected chi connectivity index (χ0v) is 25.8. The Bertz CT molecular complexity index is 1570. The number of hydrogen-bond donors (Lipinski definition) is 1. The molecule has 2 heterocycles. The Labute approximate surface area is 257 Å². The van der Waals surface area contributed by atoms with Crippen molar-refractivity contribution in [1.82, 2.24) is 15.2 Å². The maximum atomic E-state index is 13.8. The number of likely N-dealkylation sites (tertiary alicyclic amines) is 1. The average molecular weight is 602 g/mol. The van der Waals surface area contributed by atoms with E-state index in [1.54, 1.807) is 40.9 Å². The van der Waals surface area contributed by atoms with Gasteiger partial charge in [0.05, 0.1) is 31.5 Å². The Morgan fingerprint density at radius 3 is 2.52 bits per heavy atom. The Hall–Kier alpha value is -4.60. The molecule has 1 aromatic heterocycles. The van der Waals surface area contributed by atoms with Crippen molar-refractivity contribution in [2.75, 3.05) is 20.3 Å². The minimum Gasteiger partial charge on any atom is -0.497 e. The van der Waals surface area contributed by atoms with E-state index < -0.39 is 41.3 Å². The lowest BCUT2D eigenvalue weighted by molar-refractivity contribution is -0.149. The summed E-state index contributed by atoms with van der Waals surface area (Å²) in [6.45, 7) is 11.1. The van der Waals surface area contributed by atoms with Crippen LogP contribution in [0.4, 0.5) is 4.79 Å². The van der Waals surface area contributed by atoms with E-state index in [1.807, 2.05) is 54.6 Å². The third-order valence-corrected chi connectivity index (χ3v) is 7.82. The SMILES string of the molecule is C=CC1C[C@]1(NC(=O)C1C[C@@H](Oc2cc(-c3ccccc3)nc3cc(OC)ccc23)CN1C(=O)OC(C)(C)C)C(=O)OCC. The van der Waals surface area contributed by atoms with Crippen molar-refractivity contribution in [2.45, 2.75) is 63.8 Å². The maximum Gasteiger partial charge on any atom is 0.411 e. The highest BCUT2D eigenvalue weighted by atomic mass is 16.6. The number of methoxy groups -OCH3 is 1. The largest absolute Gasteiger partial charge is 0.497 e. The molecule has 4 atom stereocenters. The van der Waals surface area contributed by atoms with Crippen molar-refractivity contribution in [3.63, 3.8) is 0 Å². The van der Waals surface area contributed by atoms with Crippen molar-refractivity contribution in [1.29, 1.82) is 0 Å². The van der Waals surface area contributed by atoms with Gasteiger partial charge in [-0.25, -0.2) is 14.6 Å². The van der Waals surface area contributed by atoms with Gasteiger partial charge in [-0.3, -0.25) is 9.69 Å². The molecule has 2 aliphatic rings. The molecule has 10 heteroatoms. The summed E-state index contributed by atoms with van der Waals surface area (Å²) in [5.74, 6) is -0.0360. The molecule has 10 nitrogen and oxygen atoms in total. The molecule has 1 aliphatic heterocycles. The molecule has 0 spiro atoms. The van der Waals surface area contributed by atoms with E-state index in [1.165, 1.54) is 4.90 Å². The highest BCUT2D eigenvalue weighted by Gasteiger charge is 2.62. The van der Waals surface area contributed by atoms with Crippen molar-refractivity contribution >= 4 is 28.9 Å². The molecule has 44 heavy (non-hydrogen) atoms. The fourth-order valence-electron chi connectivity index (χ4n) is 5.56. The summed E-state index contributed by atoms with van der Waals surface area (Å²) in [5, 5.41) is 3.65. The first-order chi connectivity index (χ1) is 21.0. The third kappa shape index (κ3) is 6.34. The van der Waals surface area contributed by atoms with Crippen molar-refractivity contribution in [3.05, 3.63) is 67.3 Å². The van der Waals surface area contributed by atoms with Crippen LogP contribution >= 0.6 is 0 Å². The van der Waals surface area contributed by atoms with Gasteiger partial charge >= 0.3 is 12.1 Å².